The van der Waals surface area contributed by atoms with Gasteiger partial charge in [0.2, 0.25) is 0 Å². The van der Waals surface area contributed by atoms with E-state index in [-0.39, 0.29) is 0 Å². The zero-order valence-electron chi connectivity index (χ0n) is 13.5. The van der Waals surface area contributed by atoms with Gasteiger partial charge in [-0.1, -0.05) is 42.5 Å². The Morgan fingerprint density at radius 3 is 2.09 bits per heavy atom. The molecule has 0 radical (unpaired) electrons. The van der Waals surface area contributed by atoms with Crippen LogP contribution in [0.15, 0.2) is 48.5 Å². The van der Waals surface area contributed by atoms with Gasteiger partial charge in [0.25, 0.3) is 0 Å². The first-order valence-electron chi connectivity index (χ1n) is 7.39. The summed E-state index contributed by atoms with van der Waals surface area (Å²) < 4.78 is 0. The molecule has 2 aromatic rings. The fourth-order valence-electron chi connectivity index (χ4n) is 2.55. The molecule has 0 aliphatic rings. The monoisotopic (exact) mass is 311 g/mol. The first kappa shape index (κ1) is 16.7. The average molecular weight is 311 g/mol. The SMILES string of the molecule is CC(C)(C(=O)O)C(C)(C=O)c1ccc(-c2ccccc2N)cc1. The number of hydrogen-bond acceptors (Lipinski definition) is 3. The van der Waals surface area contributed by atoms with Crippen LogP contribution >= 0.6 is 0 Å². The van der Waals surface area contributed by atoms with Crippen molar-refractivity contribution in [3.63, 3.8) is 0 Å². The van der Waals surface area contributed by atoms with Crippen LogP contribution in [0.5, 0.6) is 0 Å². The Balaban J connectivity index is 2.48. The van der Waals surface area contributed by atoms with E-state index in [1.807, 2.05) is 36.4 Å². The Kier molecular flexibility index (Phi) is 4.28. The van der Waals surface area contributed by atoms with Crippen molar-refractivity contribution in [2.24, 2.45) is 5.41 Å². The fourth-order valence-corrected chi connectivity index (χ4v) is 2.55. The van der Waals surface area contributed by atoms with Crippen LogP contribution in [-0.2, 0) is 15.0 Å². The number of para-hydroxylation sites is 1. The molecule has 1 atom stereocenters. The van der Waals surface area contributed by atoms with Crippen molar-refractivity contribution in [1.82, 2.24) is 0 Å². The molecular formula is C19H21NO3. The largest absolute Gasteiger partial charge is 0.481 e. The highest BCUT2D eigenvalue weighted by molar-refractivity contribution is 5.85. The molecule has 2 rings (SSSR count). The van der Waals surface area contributed by atoms with Gasteiger partial charge in [-0.05, 0) is 38.0 Å². The van der Waals surface area contributed by atoms with Crippen molar-refractivity contribution in [2.45, 2.75) is 26.2 Å². The number of nitrogen functional groups attached to an aromatic ring is 1. The van der Waals surface area contributed by atoms with Gasteiger partial charge < -0.3 is 15.6 Å². The highest BCUT2D eigenvalue weighted by atomic mass is 16.4. The lowest BCUT2D eigenvalue weighted by molar-refractivity contribution is -0.152. The third kappa shape index (κ3) is 2.72. The third-order valence-corrected chi connectivity index (χ3v) is 4.83. The standard InChI is InChI=1S/C19H21NO3/c1-18(2,17(22)23)19(3,12-21)14-10-8-13(9-11-14)15-6-4-5-7-16(15)20/h4-12H,20H2,1-3H3,(H,22,23). The van der Waals surface area contributed by atoms with E-state index in [2.05, 4.69) is 0 Å². The number of carbonyl (C=O) groups excluding carboxylic acids is 1. The second kappa shape index (κ2) is 5.88. The third-order valence-electron chi connectivity index (χ3n) is 4.83. The zero-order valence-corrected chi connectivity index (χ0v) is 13.5. The number of carboxylic acids is 1. The van der Waals surface area contributed by atoms with Crippen LogP contribution in [0.3, 0.4) is 0 Å². The van der Waals surface area contributed by atoms with Gasteiger partial charge in [-0.15, -0.1) is 0 Å². The molecule has 0 saturated carbocycles. The fraction of sp³-hybridized carbons (Fsp3) is 0.263. The van der Waals surface area contributed by atoms with Crippen LogP contribution < -0.4 is 5.73 Å². The maximum absolute atomic E-state index is 11.7. The van der Waals surface area contributed by atoms with Crippen LogP contribution in [-0.4, -0.2) is 17.4 Å². The minimum atomic E-state index is -1.22. The van der Waals surface area contributed by atoms with Gasteiger partial charge in [0, 0.05) is 11.3 Å². The summed E-state index contributed by atoms with van der Waals surface area (Å²) in [6.07, 6.45) is 0.715. The number of carbonyl (C=O) groups is 2. The van der Waals surface area contributed by atoms with Gasteiger partial charge in [-0.3, -0.25) is 4.79 Å². The molecule has 0 aliphatic carbocycles. The molecule has 4 heteroatoms. The second-order valence-electron chi connectivity index (χ2n) is 6.41. The Hall–Kier alpha value is -2.62. The number of anilines is 1. The average Bonchev–Trinajstić information content (AvgIpc) is 2.54. The van der Waals surface area contributed by atoms with E-state index in [0.29, 0.717) is 17.5 Å². The van der Waals surface area contributed by atoms with Gasteiger partial charge in [0.1, 0.15) is 6.29 Å². The quantitative estimate of drug-likeness (QED) is 0.654. The van der Waals surface area contributed by atoms with Gasteiger partial charge in [-0.2, -0.15) is 0 Å². The lowest BCUT2D eigenvalue weighted by Crippen LogP contribution is -2.46. The smallest absolute Gasteiger partial charge is 0.310 e. The van der Waals surface area contributed by atoms with E-state index >= 15 is 0 Å². The number of aldehydes is 1. The van der Waals surface area contributed by atoms with Crippen molar-refractivity contribution < 1.29 is 14.7 Å². The number of benzene rings is 2. The van der Waals surface area contributed by atoms with Gasteiger partial charge in [0.15, 0.2) is 0 Å². The van der Waals surface area contributed by atoms with Gasteiger partial charge >= 0.3 is 5.97 Å². The van der Waals surface area contributed by atoms with E-state index in [1.54, 1.807) is 32.9 Å². The molecule has 1 unspecified atom stereocenters. The van der Waals surface area contributed by atoms with Gasteiger partial charge in [-0.25, -0.2) is 0 Å². The van der Waals surface area contributed by atoms with Gasteiger partial charge in [0.05, 0.1) is 10.8 Å². The summed E-state index contributed by atoms with van der Waals surface area (Å²) in [6, 6.07) is 14.8. The Morgan fingerprint density at radius 1 is 1.04 bits per heavy atom. The predicted octanol–water partition coefficient (Wildman–Crippen LogP) is 3.50. The number of hydrogen-bond donors (Lipinski definition) is 2. The first-order chi connectivity index (χ1) is 10.7. The highest BCUT2D eigenvalue weighted by Gasteiger charge is 2.48. The van der Waals surface area contributed by atoms with Crippen molar-refractivity contribution in [1.29, 1.82) is 0 Å². The molecule has 0 amide bonds. The summed E-state index contributed by atoms with van der Waals surface area (Å²) >= 11 is 0. The number of nitrogens with two attached hydrogens (primary N) is 1. The highest BCUT2D eigenvalue weighted by Crippen LogP contribution is 2.41. The molecule has 2 aromatic carbocycles. The predicted molar refractivity (Wildman–Crippen MR) is 91.1 cm³/mol. The van der Waals surface area contributed by atoms with Crippen LogP contribution in [0.25, 0.3) is 11.1 Å². The van der Waals surface area contributed by atoms with E-state index in [0.717, 1.165) is 11.1 Å². The molecule has 120 valence electrons. The molecule has 0 heterocycles. The number of carboxylic acid groups (broad SMARTS) is 1. The van der Waals surface area contributed by atoms with E-state index in [4.69, 9.17) is 5.73 Å². The topological polar surface area (TPSA) is 80.4 Å². The molecule has 0 saturated heterocycles. The molecule has 0 fully saturated rings. The maximum Gasteiger partial charge on any atom is 0.310 e. The van der Waals surface area contributed by atoms with Crippen molar-refractivity contribution in [2.75, 3.05) is 5.73 Å². The van der Waals surface area contributed by atoms with Crippen LogP contribution in [0.1, 0.15) is 26.3 Å². The molecule has 4 nitrogen and oxygen atoms in total. The van der Waals surface area contributed by atoms with E-state index in [1.165, 1.54) is 0 Å². The van der Waals surface area contributed by atoms with Crippen LogP contribution in [0.4, 0.5) is 5.69 Å². The first-order valence-corrected chi connectivity index (χ1v) is 7.39. The summed E-state index contributed by atoms with van der Waals surface area (Å²) in [5, 5.41) is 9.46. The lowest BCUT2D eigenvalue weighted by Gasteiger charge is -2.37. The minimum absolute atomic E-state index is 0.665. The summed E-state index contributed by atoms with van der Waals surface area (Å²) in [7, 11) is 0. The normalized spacial score (nSPS) is 14.0. The lowest BCUT2D eigenvalue weighted by atomic mass is 9.63. The van der Waals surface area contributed by atoms with Crippen molar-refractivity contribution >= 4 is 17.9 Å². The molecule has 0 aromatic heterocycles. The molecule has 0 aliphatic heterocycles. The zero-order chi connectivity index (χ0) is 17.3. The van der Waals surface area contributed by atoms with Crippen LogP contribution in [0.2, 0.25) is 0 Å². The summed E-state index contributed by atoms with van der Waals surface area (Å²) in [4.78, 5) is 23.3. The molecular weight excluding hydrogens is 290 g/mol. The maximum atomic E-state index is 11.7. The van der Waals surface area contributed by atoms with Crippen molar-refractivity contribution in [3.8, 4) is 11.1 Å². The Labute approximate surface area is 136 Å². The number of aliphatic carboxylic acids is 1. The minimum Gasteiger partial charge on any atom is -0.481 e. The Bertz CT molecular complexity index is 735. The van der Waals surface area contributed by atoms with Crippen molar-refractivity contribution in [3.05, 3.63) is 54.1 Å². The van der Waals surface area contributed by atoms with E-state index in [9.17, 15) is 14.7 Å². The summed E-state index contributed by atoms with van der Waals surface area (Å²) in [5.41, 5.74) is 6.80. The second-order valence-corrected chi connectivity index (χ2v) is 6.41. The number of rotatable bonds is 5. The molecule has 0 spiro atoms. The van der Waals surface area contributed by atoms with E-state index < -0.39 is 16.8 Å². The molecule has 23 heavy (non-hydrogen) atoms. The molecule has 0 bridgehead atoms. The Morgan fingerprint density at radius 2 is 1.61 bits per heavy atom. The molecule has 3 N–H and O–H groups in total. The summed E-state index contributed by atoms with van der Waals surface area (Å²) in [5.74, 6) is -1.01. The summed E-state index contributed by atoms with van der Waals surface area (Å²) in [6.45, 7) is 4.78. The van der Waals surface area contributed by atoms with Crippen LogP contribution in [0, 0.1) is 5.41 Å².